The number of pyridine rings is 1. The number of hydrogen-bond donors (Lipinski definition) is 0. The highest BCUT2D eigenvalue weighted by atomic mass is 35.5. The highest BCUT2D eigenvalue weighted by Gasteiger charge is 2.33. The van der Waals surface area contributed by atoms with Crippen molar-refractivity contribution >= 4 is 35.1 Å². The van der Waals surface area contributed by atoms with Crippen molar-refractivity contribution < 1.29 is 14.3 Å². The molecule has 148 valence electrons. The molecule has 0 aliphatic carbocycles. The van der Waals surface area contributed by atoms with Crippen LogP contribution in [-0.2, 0) is 22.6 Å². The van der Waals surface area contributed by atoms with E-state index in [1.54, 1.807) is 46.0 Å². The normalized spacial score (nSPS) is 13.6. The van der Waals surface area contributed by atoms with E-state index in [0.29, 0.717) is 32.4 Å². The van der Waals surface area contributed by atoms with E-state index in [1.807, 2.05) is 0 Å². The maximum atomic E-state index is 12.8. The molecule has 0 unspecified atom stereocenters. The Bertz CT molecular complexity index is 1040. The third-order valence-electron chi connectivity index (χ3n) is 4.29. The van der Waals surface area contributed by atoms with Gasteiger partial charge in [0.15, 0.2) is 0 Å². The summed E-state index contributed by atoms with van der Waals surface area (Å²) in [6.45, 7) is 5.18. The van der Waals surface area contributed by atoms with E-state index < -0.39 is 17.1 Å². The van der Waals surface area contributed by atoms with E-state index in [0.717, 1.165) is 0 Å². The van der Waals surface area contributed by atoms with Crippen molar-refractivity contribution in [3.8, 4) is 11.1 Å². The number of esters is 1. The molecular formula is C20H20Cl2N2O4. The van der Waals surface area contributed by atoms with Gasteiger partial charge >= 0.3 is 5.97 Å². The zero-order chi connectivity index (χ0) is 20.8. The van der Waals surface area contributed by atoms with Crippen LogP contribution in [0.15, 0.2) is 29.1 Å². The molecule has 28 heavy (non-hydrogen) atoms. The van der Waals surface area contributed by atoms with E-state index in [2.05, 4.69) is 0 Å². The second-order valence-electron chi connectivity index (χ2n) is 7.68. The van der Waals surface area contributed by atoms with Crippen LogP contribution in [0, 0.1) is 0 Å². The molecule has 0 saturated heterocycles. The minimum absolute atomic E-state index is 0.207. The molecule has 0 spiro atoms. The Hall–Kier alpha value is -2.31. The van der Waals surface area contributed by atoms with Gasteiger partial charge in [0.05, 0.1) is 17.8 Å². The number of nitrogens with zero attached hydrogens (tertiary/aromatic N) is 2. The number of rotatable bonds is 3. The number of benzene rings is 1. The Labute approximate surface area is 172 Å². The van der Waals surface area contributed by atoms with Gasteiger partial charge < -0.3 is 9.64 Å². The summed E-state index contributed by atoms with van der Waals surface area (Å²) in [4.78, 5) is 39.4. The number of carbonyl (C=O) groups excluding carboxylic acids is 2. The number of hydrogen-bond acceptors (Lipinski definition) is 4. The van der Waals surface area contributed by atoms with Crippen molar-refractivity contribution in [2.24, 2.45) is 0 Å². The summed E-state index contributed by atoms with van der Waals surface area (Å²) in [5.74, 6) is -0.800. The van der Waals surface area contributed by atoms with E-state index in [9.17, 15) is 14.4 Å². The predicted octanol–water partition coefficient (Wildman–Crippen LogP) is 3.75. The number of halogens is 2. The number of ether oxygens (including phenoxy) is 1. The van der Waals surface area contributed by atoms with Crippen molar-refractivity contribution in [1.82, 2.24) is 9.47 Å². The molecule has 0 radical (unpaired) electrons. The summed E-state index contributed by atoms with van der Waals surface area (Å²) in [5.41, 5.74) is 0.605. The van der Waals surface area contributed by atoms with Crippen LogP contribution in [-0.4, -0.2) is 34.0 Å². The molecule has 0 atom stereocenters. The third-order valence-corrected chi connectivity index (χ3v) is 4.86. The Morgan fingerprint density at radius 3 is 2.46 bits per heavy atom. The standard InChI is InChI=1S/C20H20Cl2N2O4/c1-20(2,3)28-17(26)10-24-15-9-23(4)19(27)18(15)13(8-16(24)25)12-7-11(21)5-6-14(12)22/h5-8H,9-10H2,1-4H3. The summed E-state index contributed by atoms with van der Waals surface area (Å²) < 4.78 is 6.61. The van der Waals surface area contributed by atoms with E-state index in [1.165, 1.54) is 15.5 Å². The van der Waals surface area contributed by atoms with Crippen molar-refractivity contribution in [2.45, 2.75) is 39.5 Å². The lowest BCUT2D eigenvalue weighted by molar-refractivity contribution is -0.155. The Kier molecular flexibility index (Phi) is 5.30. The monoisotopic (exact) mass is 422 g/mol. The summed E-state index contributed by atoms with van der Waals surface area (Å²) in [5, 5.41) is 0.808. The molecule has 1 aromatic heterocycles. The first-order valence-electron chi connectivity index (χ1n) is 8.67. The van der Waals surface area contributed by atoms with Crippen molar-refractivity contribution in [3.05, 3.63) is 55.9 Å². The lowest BCUT2D eigenvalue weighted by Crippen LogP contribution is -2.32. The van der Waals surface area contributed by atoms with Crippen molar-refractivity contribution in [3.63, 3.8) is 0 Å². The molecular weight excluding hydrogens is 403 g/mol. The molecule has 3 rings (SSSR count). The summed E-state index contributed by atoms with van der Waals surface area (Å²) >= 11 is 12.4. The largest absolute Gasteiger partial charge is 0.459 e. The second kappa shape index (κ2) is 7.26. The molecule has 2 aromatic rings. The average Bonchev–Trinajstić information content (AvgIpc) is 2.86. The van der Waals surface area contributed by atoms with Gasteiger partial charge in [0.2, 0.25) is 0 Å². The van der Waals surface area contributed by atoms with Crippen LogP contribution in [0.5, 0.6) is 0 Å². The number of aromatic nitrogens is 1. The topological polar surface area (TPSA) is 68.6 Å². The summed E-state index contributed by atoms with van der Waals surface area (Å²) in [6.07, 6.45) is 0. The SMILES string of the molecule is CN1Cc2c(c(-c3cc(Cl)ccc3Cl)cc(=O)n2CC(=O)OC(C)(C)C)C1=O. The second-order valence-corrected chi connectivity index (χ2v) is 8.52. The number of fused-ring (bicyclic) bond motifs is 1. The minimum Gasteiger partial charge on any atom is -0.459 e. The molecule has 0 fully saturated rings. The van der Waals surface area contributed by atoms with Gasteiger partial charge in [-0.25, -0.2) is 0 Å². The maximum Gasteiger partial charge on any atom is 0.326 e. The van der Waals surface area contributed by atoms with Gasteiger partial charge in [-0.15, -0.1) is 0 Å². The first kappa shape index (κ1) is 20.4. The summed E-state index contributed by atoms with van der Waals surface area (Å²) in [6, 6.07) is 6.17. The van der Waals surface area contributed by atoms with E-state index >= 15 is 0 Å². The predicted molar refractivity (Wildman–Crippen MR) is 108 cm³/mol. The fraction of sp³-hybridized carbons (Fsp3) is 0.350. The van der Waals surface area contributed by atoms with Gasteiger partial charge in [0.25, 0.3) is 11.5 Å². The van der Waals surface area contributed by atoms with Crippen LogP contribution in [0.3, 0.4) is 0 Å². The smallest absolute Gasteiger partial charge is 0.326 e. The molecule has 1 aromatic carbocycles. The van der Waals surface area contributed by atoms with Gasteiger partial charge in [-0.1, -0.05) is 23.2 Å². The van der Waals surface area contributed by atoms with Crippen molar-refractivity contribution in [2.75, 3.05) is 7.05 Å². The van der Waals surface area contributed by atoms with Crippen LogP contribution >= 0.6 is 23.2 Å². The lowest BCUT2D eigenvalue weighted by atomic mass is 9.99. The van der Waals surface area contributed by atoms with Gasteiger partial charge in [0, 0.05) is 34.3 Å². The van der Waals surface area contributed by atoms with Crippen molar-refractivity contribution in [1.29, 1.82) is 0 Å². The summed E-state index contributed by atoms with van der Waals surface area (Å²) in [7, 11) is 1.63. The molecule has 0 bridgehead atoms. The van der Waals surface area contributed by atoms with Crippen LogP contribution in [0.25, 0.3) is 11.1 Å². The zero-order valence-corrected chi connectivity index (χ0v) is 17.5. The lowest BCUT2D eigenvalue weighted by Gasteiger charge is -2.21. The molecule has 0 saturated carbocycles. The molecule has 6 nitrogen and oxygen atoms in total. The van der Waals surface area contributed by atoms with Gasteiger partial charge in [-0.05, 0) is 39.0 Å². The fourth-order valence-electron chi connectivity index (χ4n) is 3.18. The van der Waals surface area contributed by atoms with Gasteiger partial charge in [-0.2, -0.15) is 0 Å². The van der Waals surface area contributed by atoms with Gasteiger partial charge in [-0.3, -0.25) is 19.0 Å². The number of amides is 1. The van der Waals surface area contributed by atoms with Crippen LogP contribution < -0.4 is 5.56 Å². The maximum absolute atomic E-state index is 12.8. The molecule has 2 heterocycles. The van der Waals surface area contributed by atoms with Crippen LogP contribution in [0.2, 0.25) is 10.0 Å². The van der Waals surface area contributed by atoms with Crippen LogP contribution in [0.1, 0.15) is 36.8 Å². The fourth-order valence-corrected chi connectivity index (χ4v) is 3.57. The minimum atomic E-state index is -0.676. The average molecular weight is 423 g/mol. The zero-order valence-electron chi connectivity index (χ0n) is 16.0. The number of carbonyl (C=O) groups is 2. The molecule has 0 N–H and O–H groups in total. The van der Waals surface area contributed by atoms with Crippen LogP contribution in [0.4, 0.5) is 0 Å². The molecule has 1 amide bonds. The Balaban J connectivity index is 2.17. The molecule has 8 heteroatoms. The molecule has 1 aliphatic rings. The first-order chi connectivity index (χ1) is 13.0. The Morgan fingerprint density at radius 2 is 1.82 bits per heavy atom. The highest BCUT2D eigenvalue weighted by molar-refractivity contribution is 6.35. The Morgan fingerprint density at radius 1 is 1.14 bits per heavy atom. The highest BCUT2D eigenvalue weighted by Crippen LogP contribution is 2.36. The quantitative estimate of drug-likeness (QED) is 0.706. The van der Waals surface area contributed by atoms with Gasteiger partial charge in [0.1, 0.15) is 12.1 Å². The van der Waals surface area contributed by atoms with E-state index in [4.69, 9.17) is 27.9 Å². The first-order valence-corrected chi connectivity index (χ1v) is 9.43. The third kappa shape index (κ3) is 3.93. The molecule has 1 aliphatic heterocycles. The van der Waals surface area contributed by atoms with E-state index in [-0.39, 0.29) is 19.0 Å².